The van der Waals surface area contributed by atoms with Gasteiger partial charge in [-0.25, -0.2) is 8.42 Å². The van der Waals surface area contributed by atoms with Crippen LogP contribution in [0.5, 0.6) is 0 Å². The van der Waals surface area contributed by atoms with Crippen molar-refractivity contribution in [3.05, 3.63) is 75.3 Å². The van der Waals surface area contributed by atoms with E-state index in [9.17, 15) is 18.0 Å². The standard InChI is InChI=1S/C20H17ClN2O4S/c21-13-6-5-7-14(12-13)22-28(26,27)20-17(23-10-3-4-11-23)18(24)15-8-1-2-9-16(15)19(20)25/h1-2,5-9,12,22H,3-4,10-11H2. The Balaban J connectivity index is 1.87. The molecule has 0 saturated carbocycles. The molecule has 6 nitrogen and oxygen atoms in total. The zero-order chi connectivity index (χ0) is 19.9. The molecule has 8 heteroatoms. The van der Waals surface area contributed by atoms with Gasteiger partial charge in [0.15, 0.2) is 4.91 Å². The Kier molecular flexibility index (Phi) is 4.72. The lowest BCUT2D eigenvalue weighted by atomic mass is 9.92. The number of Topliss-reactive ketones (excluding diaryl/α,β-unsaturated/α-hetero) is 2. The van der Waals surface area contributed by atoms with Crippen molar-refractivity contribution in [1.29, 1.82) is 0 Å². The lowest BCUT2D eigenvalue weighted by Crippen LogP contribution is -2.36. The minimum atomic E-state index is -4.31. The maximum atomic E-state index is 13.2. The number of rotatable bonds is 4. The highest BCUT2D eigenvalue weighted by atomic mass is 35.5. The van der Waals surface area contributed by atoms with Gasteiger partial charge >= 0.3 is 0 Å². The first-order valence-electron chi connectivity index (χ1n) is 8.84. The van der Waals surface area contributed by atoms with E-state index in [1.54, 1.807) is 35.2 Å². The maximum Gasteiger partial charge on any atom is 0.268 e. The SMILES string of the molecule is O=C1C(N2CCCC2)=C(S(=O)(=O)Nc2cccc(Cl)c2)C(=O)c2ccccc21. The number of nitrogens with one attached hydrogen (secondary N) is 1. The molecule has 0 bridgehead atoms. The van der Waals surface area contributed by atoms with Crippen molar-refractivity contribution in [3.63, 3.8) is 0 Å². The molecule has 1 aliphatic heterocycles. The average Bonchev–Trinajstić information content (AvgIpc) is 3.18. The Morgan fingerprint density at radius 3 is 2.18 bits per heavy atom. The molecule has 0 unspecified atom stereocenters. The van der Waals surface area contributed by atoms with Crippen molar-refractivity contribution in [2.45, 2.75) is 12.8 Å². The van der Waals surface area contributed by atoms with Crippen LogP contribution in [0.2, 0.25) is 5.02 Å². The Labute approximate surface area is 167 Å². The summed E-state index contributed by atoms with van der Waals surface area (Å²) in [5, 5.41) is 0.352. The van der Waals surface area contributed by atoms with Crippen molar-refractivity contribution < 1.29 is 18.0 Å². The summed E-state index contributed by atoms with van der Waals surface area (Å²) in [5.74, 6) is -1.12. The molecule has 144 valence electrons. The van der Waals surface area contributed by atoms with Crippen molar-refractivity contribution in [3.8, 4) is 0 Å². The molecule has 1 N–H and O–H groups in total. The van der Waals surface area contributed by atoms with Crippen molar-refractivity contribution in [1.82, 2.24) is 4.90 Å². The fraction of sp³-hybridized carbons (Fsp3) is 0.200. The van der Waals surface area contributed by atoms with Crippen LogP contribution in [-0.4, -0.2) is 38.0 Å². The summed E-state index contributed by atoms with van der Waals surface area (Å²) >= 11 is 5.93. The van der Waals surface area contributed by atoms with Crippen LogP contribution in [-0.2, 0) is 10.0 Å². The number of likely N-dealkylation sites (tertiary alicyclic amines) is 1. The van der Waals surface area contributed by atoms with E-state index in [0.29, 0.717) is 18.1 Å². The summed E-state index contributed by atoms with van der Waals surface area (Å²) in [7, 11) is -4.31. The second kappa shape index (κ2) is 7.07. The molecule has 0 spiro atoms. The van der Waals surface area contributed by atoms with Crippen LogP contribution in [0.1, 0.15) is 33.6 Å². The quantitative estimate of drug-likeness (QED) is 0.825. The fourth-order valence-corrected chi connectivity index (χ4v) is 5.14. The van der Waals surface area contributed by atoms with Gasteiger partial charge < -0.3 is 4.90 Å². The highest BCUT2D eigenvalue weighted by molar-refractivity contribution is 7.97. The molecule has 28 heavy (non-hydrogen) atoms. The molecular weight excluding hydrogens is 400 g/mol. The summed E-state index contributed by atoms with van der Waals surface area (Å²) < 4.78 is 28.8. The van der Waals surface area contributed by atoms with Gasteiger partial charge in [-0.3, -0.25) is 14.3 Å². The Morgan fingerprint density at radius 1 is 0.893 bits per heavy atom. The first kappa shape index (κ1) is 18.7. The number of hydrogen-bond acceptors (Lipinski definition) is 5. The van der Waals surface area contributed by atoms with Gasteiger partial charge in [0.2, 0.25) is 11.6 Å². The molecule has 0 aromatic heterocycles. The number of benzene rings is 2. The number of anilines is 1. The zero-order valence-electron chi connectivity index (χ0n) is 14.8. The molecule has 4 rings (SSSR count). The van der Waals surface area contributed by atoms with Crippen molar-refractivity contribution >= 4 is 38.9 Å². The lowest BCUT2D eigenvalue weighted by Gasteiger charge is -2.27. The second-order valence-electron chi connectivity index (χ2n) is 6.69. The third-order valence-corrected chi connectivity index (χ3v) is 6.48. The van der Waals surface area contributed by atoms with Crippen LogP contribution < -0.4 is 4.72 Å². The first-order valence-corrected chi connectivity index (χ1v) is 10.7. The molecule has 1 fully saturated rings. The van der Waals surface area contributed by atoms with Crippen LogP contribution in [0.4, 0.5) is 5.69 Å². The molecule has 1 aliphatic carbocycles. The van der Waals surface area contributed by atoms with E-state index in [1.165, 1.54) is 18.2 Å². The molecule has 1 saturated heterocycles. The summed E-state index contributed by atoms with van der Waals surface area (Å²) in [6.07, 6.45) is 1.67. The number of halogens is 1. The van der Waals surface area contributed by atoms with Gasteiger partial charge in [-0.05, 0) is 31.0 Å². The van der Waals surface area contributed by atoms with Gasteiger partial charge in [0.25, 0.3) is 10.0 Å². The smallest absolute Gasteiger partial charge is 0.268 e. The molecule has 0 atom stereocenters. The topological polar surface area (TPSA) is 83.6 Å². The molecular formula is C20H17ClN2O4S. The van der Waals surface area contributed by atoms with E-state index in [2.05, 4.69) is 4.72 Å². The monoisotopic (exact) mass is 416 g/mol. The van der Waals surface area contributed by atoms with Gasteiger partial charge in [-0.1, -0.05) is 41.9 Å². The highest BCUT2D eigenvalue weighted by Gasteiger charge is 2.41. The number of ketones is 2. The van der Waals surface area contributed by atoms with Crippen molar-refractivity contribution in [2.24, 2.45) is 0 Å². The number of carbonyl (C=O) groups is 2. The van der Waals surface area contributed by atoms with Gasteiger partial charge in [0.05, 0.1) is 5.69 Å². The summed E-state index contributed by atoms with van der Waals surface area (Å²) in [4.78, 5) is 27.5. The normalized spacial score (nSPS) is 17.1. The zero-order valence-corrected chi connectivity index (χ0v) is 16.4. The van der Waals surface area contributed by atoms with Crippen LogP contribution in [0, 0.1) is 0 Å². The van der Waals surface area contributed by atoms with Gasteiger partial charge in [-0.2, -0.15) is 0 Å². The predicted molar refractivity (Wildman–Crippen MR) is 107 cm³/mol. The Bertz CT molecular complexity index is 1120. The van der Waals surface area contributed by atoms with Crippen LogP contribution in [0.15, 0.2) is 59.1 Å². The van der Waals surface area contributed by atoms with E-state index < -0.39 is 26.5 Å². The first-order chi connectivity index (χ1) is 13.4. The van der Waals surface area contributed by atoms with Crippen LogP contribution >= 0.6 is 11.6 Å². The fourth-order valence-electron chi connectivity index (χ4n) is 3.58. The number of allylic oxidation sites excluding steroid dienone is 2. The van der Waals surface area contributed by atoms with Gasteiger partial charge in [0, 0.05) is 29.2 Å². The third kappa shape index (κ3) is 3.21. The molecule has 2 aromatic rings. The molecule has 0 radical (unpaired) electrons. The Hall–Kier alpha value is -2.64. The van der Waals surface area contributed by atoms with E-state index in [1.807, 2.05) is 0 Å². The predicted octanol–water partition coefficient (Wildman–Crippen LogP) is 3.47. The van der Waals surface area contributed by atoms with Crippen molar-refractivity contribution in [2.75, 3.05) is 17.8 Å². The minimum absolute atomic E-state index is 0.0456. The maximum absolute atomic E-state index is 13.2. The van der Waals surface area contributed by atoms with E-state index >= 15 is 0 Å². The molecule has 1 heterocycles. The number of carbonyl (C=O) groups excluding carboxylic acids is 2. The van der Waals surface area contributed by atoms with Gasteiger partial charge in [-0.15, -0.1) is 0 Å². The number of sulfonamides is 1. The molecule has 2 aliphatic rings. The van der Waals surface area contributed by atoms with Gasteiger partial charge in [0.1, 0.15) is 5.70 Å². The van der Waals surface area contributed by atoms with E-state index in [0.717, 1.165) is 12.8 Å². The number of hydrogen-bond donors (Lipinski definition) is 1. The summed E-state index contributed by atoms with van der Waals surface area (Å²) in [5.41, 5.74) is 0.508. The van der Waals surface area contributed by atoms with E-state index in [4.69, 9.17) is 11.6 Å². The highest BCUT2D eigenvalue weighted by Crippen LogP contribution is 2.33. The lowest BCUT2D eigenvalue weighted by molar-refractivity contribution is 0.0953. The van der Waals surface area contributed by atoms with E-state index in [-0.39, 0.29) is 22.5 Å². The minimum Gasteiger partial charge on any atom is -0.367 e. The Morgan fingerprint density at radius 2 is 1.54 bits per heavy atom. The summed E-state index contributed by atoms with van der Waals surface area (Å²) in [6, 6.07) is 12.5. The largest absolute Gasteiger partial charge is 0.367 e. The molecule has 2 aromatic carbocycles. The van der Waals surface area contributed by atoms with Crippen LogP contribution in [0.25, 0.3) is 0 Å². The summed E-state index contributed by atoms with van der Waals surface area (Å²) in [6.45, 7) is 1.07. The molecule has 0 amide bonds. The second-order valence-corrected chi connectivity index (χ2v) is 8.75. The number of nitrogens with zero attached hydrogens (tertiary/aromatic N) is 1. The average molecular weight is 417 g/mol. The third-order valence-electron chi connectivity index (χ3n) is 4.82. The van der Waals surface area contributed by atoms with Crippen LogP contribution in [0.3, 0.4) is 0 Å². The number of fused-ring (bicyclic) bond motifs is 1.